The molecular weight excluding hydrogens is 710 g/mol. The zero-order valence-electron chi connectivity index (χ0n) is 27.7. The molecule has 1 aliphatic carbocycles. The summed E-state index contributed by atoms with van der Waals surface area (Å²) in [7, 11) is 0. The summed E-state index contributed by atoms with van der Waals surface area (Å²) in [5, 5.41) is 17.0. The van der Waals surface area contributed by atoms with Crippen LogP contribution in [0.4, 0.5) is 23.2 Å². The number of rotatable bonds is 5. The fourth-order valence-electron chi connectivity index (χ4n) is 6.85. The van der Waals surface area contributed by atoms with E-state index in [0.29, 0.717) is 23.0 Å². The van der Waals surface area contributed by atoms with Gasteiger partial charge in [0.1, 0.15) is 12.9 Å². The molecule has 1 saturated heterocycles. The van der Waals surface area contributed by atoms with Gasteiger partial charge >= 0.3 is 6.18 Å². The highest BCUT2D eigenvalue weighted by molar-refractivity contribution is 6.33. The minimum Gasteiger partial charge on any atom is -0.504 e. The van der Waals surface area contributed by atoms with Crippen LogP contribution in [-0.2, 0) is 22.9 Å². The maximum atomic E-state index is 15.0. The van der Waals surface area contributed by atoms with Crippen LogP contribution in [0.3, 0.4) is 0 Å². The summed E-state index contributed by atoms with van der Waals surface area (Å²) < 4.78 is 57.1. The smallest absolute Gasteiger partial charge is 0.416 e. The first-order valence-corrected chi connectivity index (χ1v) is 16.3. The van der Waals surface area contributed by atoms with Crippen LogP contribution in [0.15, 0.2) is 47.7 Å². The second kappa shape index (κ2) is 12.5. The maximum absolute atomic E-state index is 15.0. The zero-order valence-corrected chi connectivity index (χ0v) is 28.5. The molecule has 52 heavy (non-hydrogen) atoms. The monoisotopic (exact) mass is 737 g/mol. The van der Waals surface area contributed by atoms with Gasteiger partial charge in [0, 0.05) is 24.2 Å². The Balaban J connectivity index is 1.30. The molecule has 0 radical (unpaired) electrons. The third-order valence-corrected chi connectivity index (χ3v) is 9.68. The number of halogens is 5. The van der Waals surface area contributed by atoms with Gasteiger partial charge in [-0.05, 0) is 63.5 Å². The van der Waals surface area contributed by atoms with Crippen molar-refractivity contribution in [3.8, 4) is 17.1 Å². The number of nitrogens with zero attached hydrogens (tertiary/aromatic N) is 8. The van der Waals surface area contributed by atoms with E-state index in [9.17, 15) is 37.1 Å². The van der Waals surface area contributed by atoms with E-state index >= 15 is 0 Å². The van der Waals surface area contributed by atoms with Crippen LogP contribution in [0, 0.1) is 19.7 Å². The molecule has 0 bridgehead atoms. The van der Waals surface area contributed by atoms with E-state index in [1.165, 1.54) is 21.9 Å². The highest BCUT2D eigenvalue weighted by Crippen LogP contribution is 2.46. The molecule has 0 atom stereocenters. The number of amides is 2. The van der Waals surface area contributed by atoms with Gasteiger partial charge in [-0.25, -0.2) is 14.4 Å². The number of fused-ring (bicyclic) bond motifs is 3. The molecule has 2 N–H and O–H groups in total. The molecule has 13 nitrogen and oxygen atoms in total. The summed E-state index contributed by atoms with van der Waals surface area (Å²) in [6.07, 6.45) is 0.00763. The predicted molar refractivity (Wildman–Crippen MR) is 179 cm³/mol. The molecule has 5 aromatic rings. The average Bonchev–Trinajstić information content (AvgIpc) is 3.66. The summed E-state index contributed by atoms with van der Waals surface area (Å²) >= 11 is 6.11. The van der Waals surface area contributed by atoms with Crippen molar-refractivity contribution < 1.29 is 32.3 Å². The Morgan fingerprint density at radius 3 is 2.50 bits per heavy atom. The lowest BCUT2D eigenvalue weighted by molar-refractivity contribution is -0.137. The second-order valence-corrected chi connectivity index (χ2v) is 13.1. The summed E-state index contributed by atoms with van der Waals surface area (Å²) in [4.78, 5) is 59.2. The number of likely N-dealkylation sites (tertiary alicyclic amines) is 1. The van der Waals surface area contributed by atoms with Crippen molar-refractivity contribution >= 4 is 40.5 Å². The molecule has 0 saturated carbocycles. The Bertz CT molecular complexity index is 2420. The summed E-state index contributed by atoms with van der Waals surface area (Å²) in [6, 6.07) is 3.94. The Hall–Kier alpha value is -5.71. The van der Waals surface area contributed by atoms with E-state index in [0.717, 1.165) is 22.8 Å². The van der Waals surface area contributed by atoms with Gasteiger partial charge in [-0.3, -0.25) is 19.4 Å². The van der Waals surface area contributed by atoms with E-state index in [1.807, 2.05) is 6.08 Å². The van der Waals surface area contributed by atoms with Crippen molar-refractivity contribution in [3.05, 3.63) is 98.0 Å². The van der Waals surface area contributed by atoms with Gasteiger partial charge in [-0.15, -0.1) is 5.10 Å². The average molecular weight is 738 g/mol. The highest BCUT2D eigenvalue weighted by atomic mass is 35.5. The van der Waals surface area contributed by atoms with Gasteiger partial charge in [-0.1, -0.05) is 17.7 Å². The molecule has 1 aliphatic heterocycles. The highest BCUT2D eigenvalue weighted by Gasteiger charge is 2.45. The van der Waals surface area contributed by atoms with Gasteiger partial charge in [0.2, 0.25) is 11.7 Å². The van der Waals surface area contributed by atoms with Gasteiger partial charge in [0.25, 0.3) is 11.5 Å². The summed E-state index contributed by atoms with van der Waals surface area (Å²) in [6.45, 7) is 4.82. The van der Waals surface area contributed by atoms with Crippen molar-refractivity contribution in [1.29, 1.82) is 0 Å². The number of allylic oxidation sites excluding steroid dienone is 2. The van der Waals surface area contributed by atoms with Crippen molar-refractivity contribution in [2.75, 3.05) is 18.4 Å². The van der Waals surface area contributed by atoms with E-state index < -0.39 is 46.9 Å². The first kappa shape index (κ1) is 34.7. The molecule has 1 fully saturated rings. The van der Waals surface area contributed by atoms with E-state index in [1.54, 1.807) is 20.8 Å². The zero-order chi connectivity index (χ0) is 37.3. The number of benzene rings is 1. The third-order valence-electron chi connectivity index (χ3n) is 9.36. The lowest BCUT2D eigenvalue weighted by Crippen LogP contribution is -2.46. The van der Waals surface area contributed by atoms with Gasteiger partial charge in [0.15, 0.2) is 23.1 Å². The van der Waals surface area contributed by atoms with Gasteiger partial charge in [-0.2, -0.15) is 22.7 Å². The largest absolute Gasteiger partial charge is 0.504 e. The topological polar surface area (TPSA) is 160 Å². The summed E-state index contributed by atoms with van der Waals surface area (Å²) in [5.41, 5.74) is -0.728. The molecule has 268 valence electrons. The lowest BCUT2D eigenvalue weighted by Gasteiger charge is -2.38. The van der Waals surface area contributed by atoms with Crippen LogP contribution in [0.5, 0.6) is 5.75 Å². The normalized spacial score (nSPS) is 15.2. The first-order valence-electron chi connectivity index (χ1n) is 15.9. The van der Waals surface area contributed by atoms with Crippen molar-refractivity contribution in [3.63, 3.8) is 0 Å². The minimum absolute atomic E-state index is 0.0275. The maximum Gasteiger partial charge on any atom is 0.416 e. The van der Waals surface area contributed by atoms with Crippen LogP contribution < -0.4 is 10.9 Å². The minimum atomic E-state index is -4.65. The van der Waals surface area contributed by atoms with Gasteiger partial charge in [0.05, 0.1) is 45.0 Å². The molecule has 1 aromatic carbocycles. The quantitative estimate of drug-likeness (QED) is 0.234. The van der Waals surface area contributed by atoms with Crippen molar-refractivity contribution in [2.45, 2.75) is 51.7 Å². The Kier molecular flexibility index (Phi) is 8.35. The molecule has 5 heterocycles. The van der Waals surface area contributed by atoms with E-state index in [4.69, 9.17) is 11.6 Å². The number of nitrogens with one attached hydrogen (secondary N) is 1. The molecular formula is C34H28ClF4N9O4. The number of pyridine rings is 1. The van der Waals surface area contributed by atoms with Crippen LogP contribution in [0.1, 0.15) is 58.5 Å². The fourth-order valence-corrected chi connectivity index (χ4v) is 7.08. The van der Waals surface area contributed by atoms with Crippen molar-refractivity contribution in [2.24, 2.45) is 0 Å². The molecule has 0 unspecified atom stereocenters. The first-order chi connectivity index (χ1) is 24.6. The van der Waals surface area contributed by atoms with Crippen LogP contribution in [-0.4, -0.2) is 69.0 Å². The Labute approximate surface area is 296 Å². The summed E-state index contributed by atoms with van der Waals surface area (Å²) in [5.74, 6) is -2.50. The Morgan fingerprint density at radius 2 is 1.81 bits per heavy atom. The SMILES string of the molecule is CC1=CC2(CCN(C(=O)c3ncnc(C)c3O)CC2)c2c1n(CC(=O)Nc1ccc(C(F)(F)F)cc1Cl)c1nc(-c3cc(C)ncc3F)nn1c2=O. The number of piperidine rings is 1. The van der Waals surface area contributed by atoms with E-state index in [2.05, 4.69) is 30.4 Å². The third kappa shape index (κ3) is 5.83. The number of carbonyl (C=O) groups excluding carboxylic acids is 2. The van der Waals surface area contributed by atoms with Gasteiger partial charge < -0.3 is 19.9 Å². The predicted octanol–water partition coefficient (Wildman–Crippen LogP) is 5.11. The molecule has 4 aromatic heterocycles. The number of anilines is 1. The molecule has 2 amide bonds. The number of aromatic nitrogens is 7. The van der Waals surface area contributed by atoms with Crippen LogP contribution in [0.25, 0.3) is 22.7 Å². The molecule has 18 heteroatoms. The number of alkyl halides is 3. The number of aromatic hydroxyl groups is 1. The Morgan fingerprint density at radius 1 is 1.08 bits per heavy atom. The second-order valence-electron chi connectivity index (χ2n) is 12.7. The molecule has 7 rings (SSSR count). The standard InChI is InChI=1S/C34H28ClF4N9O4/c1-16-12-33(6-8-46(9-7-33)31(52)26-28(50)18(3)41-15-42-26)25-27(16)47(14-24(49)43-23-5-4-19(11-21(23)35)34(37,38)39)32-44-29(45-48(32)30(25)51)20-10-17(2)40-13-22(20)36/h4-5,10-13,15,50H,6-9,14H2,1-3H3,(H,43,49). The number of hydrogen-bond acceptors (Lipinski definition) is 9. The fraction of sp³-hybridized carbons (Fsp3) is 0.294. The van der Waals surface area contributed by atoms with Crippen molar-refractivity contribution in [1.82, 2.24) is 39.0 Å². The van der Waals surface area contributed by atoms with E-state index in [-0.39, 0.29) is 76.5 Å². The number of aryl methyl sites for hydroxylation is 2. The molecule has 1 spiro atoms. The van der Waals surface area contributed by atoms with Crippen LogP contribution >= 0.6 is 11.6 Å². The molecule has 2 aliphatic rings. The lowest BCUT2D eigenvalue weighted by atomic mass is 9.75. The number of hydrogen-bond donors (Lipinski definition) is 2. The number of carbonyl (C=O) groups is 2. The van der Waals surface area contributed by atoms with Crippen LogP contribution in [0.2, 0.25) is 5.02 Å².